The van der Waals surface area contributed by atoms with Gasteiger partial charge in [0.05, 0.1) is 6.10 Å². The average molecular weight is 349 g/mol. The molecule has 0 bridgehead atoms. The van der Waals surface area contributed by atoms with E-state index in [2.05, 4.69) is 26.6 Å². The van der Waals surface area contributed by atoms with Crippen LogP contribution in [0, 0.1) is 6.92 Å². The third-order valence-electron chi connectivity index (χ3n) is 3.14. The largest absolute Gasteiger partial charge is 0.389 e. The molecule has 0 aliphatic carbocycles. The van der Waals surface area contributed by atoms with Crippen molar-refractivity contribution >= 4 is 33.3 Å². The fourth-order valence-corrected chi connectivity index (χ4v) is 2.27. The number of benzene rings is 2. The van der Waals surface area contributed by atoms with Crippen LogP contribution in [-0.4, -0.2) is 11.1 Å². The van der Waals surface area contributed by atoms with E-state index in [-0.39, 0.29) is 6.03 Å². The zero-order valence-corrected chi connectivity index (χ0v) is 13.4. The number of urea groups is 1. The molecular weight excluding hydrogens is 332 g/mol. The fraction of sp³-hybridized carbons (Fsp3) is 0.188. The molecule has 0 aromatic heterocycles. The van der Waals surface area contributed by atoms with Gasteiger partial charge in [-0.1, -0.05) is 34.1 Å². The van der Waals surface area contributed by atoms with Crippen LogP contribution in [0.4, 0.5) is 16.2 Å². The number of aliphatic hydroxyl groups is 1. The van der Waals surface area contributed by atoms with Crippen LogP contribution in [0.3, 0.4) is 0 Å². The number of anilines is 2. The van der Waals surface area contributed by atoms with Crippen molar-refractivity contribution in [3.8, 4) is 0 Å². The van der Waals surface area contributed by atoms with E-state index in [9.17, 15) is 9.90 Å². The Morgan fingerprint density at radius 1 is 1.19 bits per heavy atom. The first-order valence-electron chi connectivity index (χ1n) is 6.58. The van der Waals surface area contributed by atoms with Gasteiger partial charge >= 0.3 is 6.03 Å². The van der Waals surface area contributed by atoms with Gasteiger partial charge in [0.2, 0.25) is 0 Å². The summed E-state index contributed by atoms with van der Waals surface area (Å²) in [6.07, 6.45) is -0.567. The third-order valence-corrected chi connectivity index (χ3v) is 4.00. The van der Waals surface area contributed by atoms with E-state index in [0.29, 0.717) is 5.69 Å². The molecule has 21 heavy (non-hydrogen) atoms. The number of carbonyl (C=O) groups is 1. The van der Waals surface area contributed by atoms with E-state index in [1.165, 1.54) is 0 Å². The molecule has 4 nitrogen and oxygen atoms in total. The number of halogens is 1. The molecule has 2 aromatic rings. The van der Waals surface area contributed by atoms with Crippen molar-refractivity contribution in [3.63, 3.8) is 0 Å². The molecule has 110 valence electrons. The molecule has 2 aromatic carbocycles. The van der Waals surface area contributed by atoms with Crippen molar-refractivity contribution in [2.45, 2.75) is 20.0 Å². The van der Waals surface area contributed by atoms with E-state index >= 15 is 0 Å². The molecule has 0 radical (unpaired) electrons. The molecule has 1 atom stereocenters. The van der Waals surface area contributed by atoms with Gasteiger partial charge in [0, 0.05) is 15.8 Å². The highest BCUT2D eigenvalue weighted by Crippen LogP contribution is 2.24. The summed E-state index contributed by atoms with van der Waals surface area (Å²) in [6, 6.07) is 12.4. The van der Waals surface area contributed by atoms with Gasteiger partial charge in [0.25, 0.3) is 0 Å². The lowest BCUT2D eigenvalue weighted by Gasteiger charge is -2.12. The first-order chi connectivity index (χ1) is 9.97. The molecule has 3 N–H and O–H groups in total. The minimum atomic E-state index is -0.567. The van der Waals surface area contributed by atoms with Crippen LogP contribution >= 0.6 is 15.9 Å². The molecule has 0 heterocycles. The van der Waals surface area contributed by atoms with Crippen molar-refractivity contribution in [1.29, 1.82) is 0 Å². The zero-order valence-electron chi connectivity index (χ0n) is 11.9. The number of carbonyl (C=O) groups excluding carboxylic acids is 1. The van der Waals surface area contributed by atoms with Gasteiger partial charge < -0.3 is 15.7 Å². The summed E-state index contributed by atoms with van der Waals surface area (Å²) in [6.45, 7) is 3.61. The van der Waals surface area contributed by atoms with E-state index in [4.69, 9.17) is 0 Å². The molecule has 0 aliphatic rings. The average Bonchev–Trinajstić information content (AvgIpc) is 2.44. The topological polar surface area (TPSA) is 61.4 Å². The minimum absolute atomic E-state index is 0.320. The predicted molar refractivity (Wildman–Crippen MR) is 88.6 cm³/mol. The summed E-state index contributed by atoms with van der Waals surface area (Å²) in [7, 11) is 0. The summed E-state index contributed by atoms with van der Waals surface area (Å²) in [5, 5.41) is 15.1. The molecule has 0 aliphatic heterocycles. The Kier molecular flexibility index (Phi) is 4.98. The Balaban J connectivity index is 2.08. The summed E-state index contributed by atoms with van der Waals surface area (Å²) in [4.78, 5) is 12.0. The highest BCUT2D eigenvalue weighted by molar-refractivity contribution is 9.10. The summed E-state index contributed by atoms with van der Waals surface area (Å²) >= 11 is 3.43. The smallest absolute Gasteiger partial charge is 0.323 e. The maximum absolute atomic E-state index is 12.0. The third kappa shape index (κ3) is 4.06. The van der Waals surface area contributed by atoms with Crippen LogP contribution in [0.15, 0.2) is 46.9 Å². The molecular formula is C16H17BrN2O2. The number of hydrogen-bond acceptors (Lipinski definition) is 2. The van der Waals surface area contributed by atoms with E-state index in [1.807, 2.05) is 31.2 Å². The molecule has 1 unspecified atom stereocenters. The second kappa shape index (κ2) is 6.74. The van der Waals surface area contributed by atoms with Gasteiger partial charge in [0.15, 0.2) is 0 Å². The van der Waals surface area contributed by atoms with Crippen molar-refractivity contribution in [2.24, 2.45) is 0 Å². The number of nitrogens with one attached hydrogen (secondary N) is 2. The molecule has 2 amide bonds. The lowest BCUT2D eigenvalue weighted by atomic mass is 10.1. The van der Waals surface area contributed by atoms with Crippen molar-refractivity contribution in [1.82, 2.24) is 0 Å². The van der Waals surface area contributed by atoms with Crippen LogP contribution < -0.4 is 10.6 Å². The standard InChI is InChI=1S/C16H17BrN2O2/c1-10-14(17)7-4-8-15(10)19-16(21)18-13-6-3-5-12(9-13)11(2)20/h3-9,11,20H,1-2H3,(H2,18,19,21). The second-order valence-corrected chi connectivity index (χ2v) is 5.65. The maximum atomic E-state index is 12.0. The number of hydrogen-bond donors (Lipinski definition) is 3. The Morgan fingerprint density at radius 2 is 1.90 bits per heavy atom. The Bertz CT molecular complexity index is 656. The van der Waals surface area contributed by atoms with Gasteiger partial charge in [-0.3, -0.25) is 0 Å². The predicted octanol–water partition coefficient (Wildman–Crippen LogP) is 4.45. The van der Waals surface area contributed by atoms with E-state index in [0.717, 1.165) is 21.3 Å². The number of amides is 2. The molecule has 0 saturated carbocycles. The van der Waals surface area contributed by atoms with Crippen LogP contribution in [0.1, 0.15) is 24.2 Å². The molecule has 0 saturated heterocycles. The maximum Gasteiger partial charge on any atom is 0.323 e. The zero-order chi connectivity index (χ0) is 15.4. The van der Waals surface area contributed by atoms with Gasteiger partial charge in [0.1, 0.15) is 0 Å². The molecule has 0 spiro atoms. The molecule has 0 fully saturated rings. The van der Waals surface area contributed by atoms with Crippen molar-refractivity contribution in [3.05, 3.63) is 58.1 Å². The van der Waals surface area contributed by atoms with Gasteiger partial charge in [-0.2, -0.15) is 0 Å². The Labute approximate surface area is 132 Å². The quantitative estimate of drug-likeness (QED) is 0.766. The van der Waals surface area contributed by atoms with Gasteiger partial charge in [-0.25, -0.2) is 4.79 Å². The lowest BCUT2D eigenvalue weighted by molar-refractivity contribution is 0.199. The number of aliphatic hydroxyl groups excluding tert-OH is 1. The minimum Gasteiger partial charge on any atom is -0.389 e. The SMILES string of the molecule is Cc1c(Br)cccc1NC(=O)Nc1cccc(C(C)O)c1. The first-order valence-corrected chi connectivity index (χ1v) is 7.38. The van der Waals surface area contributed by atoms with Crippen molar-refractivity contribution < 1.29 is 9.90 Å². The monoisotopic (exact) mass is 348 g/mol. The summed E-state index contributed by atoms with van der Waals surface area (Å²) < 4.78 is 0.941. The summed E-state index contributed by atoms with van der Waals surface area (Å²) in [5.74, 6) is 0. The van der Waals surface area contributed by atoms with Crippen LogP contribution in [0.5, 0.6) is 0 Å². The number of rotatable bonds is 3. The summed E-state index contributed by atoms with van der Waals surface area (Å²) in [5.41, 5.74) is 3.10. The van der Waals surface area contributed by atoms with Crippen molar-refractivity contribution in [2.75, 3.05) is 10.6 Å². The van der Waals surface area contributed by atoms with E-state index in [1.54, 1.807) is 25.1 Å². The van der Waals surface area contributed by atoms with Crippen LogP contribution in [0.25, 0.3) is 0 Å². The van der Waals surface area contributed by atoms with Gasteiger partial charge in [-0.15, -0.1) is 0 Å². The second-order valence-electron chi connectivity index (χ2n) is 4.79. The van der Waals surface area contributed by atoms with E-state index < -0.39 is 6.10 Å². The molecule has 2 rings (SSSR count). The lowest BCUT2D eigenvalue weighted by Crippen LogP contribution is -2.20. The van der Waals surface area contributed by atoms with Crippen LogP contribution in [-0.2, 0) is 0 Å². The van der Waals surface area contributed by atoms with Crippen LogP contribution in [0.2, 0.25) is 0 Å². The highest BCUT2D eigenvalue weighted by atomic mass is 79.9. The normalized spacial score (nSPS) is 11.8. The first kappa shape index (κ1) is 15.5. The Hall–Kier alpha value is -1.85. The highest BCUT2D eigenvalue weighted by Gasteiger charge is 2.08. The fourth-order valence-electron chi connectivity index (χ4n) is 1.90. The Morgan fingerprint density at radius 3 is 2.62 bits per heavy atom. The van der Waals surface area contributed by atoms with Gasteiger partial charge in [-0.05, 0) is 49.2 Å². The molecule has 5 heteroatoms.